The van der Waals surface area contributed by atoms with E-state index < -0.39 is 0 Å². The monoisotopic (exact) mass is 495 g/mol. The summed E-state index contributed by atoms with van der Waals surface area (Å²) in [5.41, 5.74) is 2.74. The lowest BCUT2D eigenvalue weighted by atomic mass is 9.91. The number of imidazole rings is 1. The molecule has 36 heavy (non-hydrogen) atoms. The number of Topliss-reactive ketones (excluding diaryl/α,β-unsaturated/α-hetero) is 1. The van der Waals surface area contributed by atoms with Crippen molar-refractivity contribution in [3.63, 3.8) is 0 Å². The molecular weight excluding hydrogens is 454 g/mol. The number of pyridine rings is 1. The smallest absolute Gasteiger partial charge is 0.224 e. The molecule has 1 amide bonds. The molecule has 4 rings (SSSR count). The number of nitrogens with zero attached hydrogens (tertiary/aromatic N) is 3. The Hall–Kier alpha value is -2.74. The molecule has 1 aliphatic carbocycles. The van der Waals surface area contributed by atoms with E-state index in [0.717, 1.165) is 80.8 Å². The van der Waals surface area contributed by atoms with Gasteiger partial charge in [-0.05, 0) is 76.7 Å². The highest BCUT2D eigenvalue weighted by Gasteiger charge is 2.58. The van der Waals surface area contributed by atoms with Crippen molar-refractivity contribution in [1.82, 2.24) is 25.2 Å². The summed E-state index contributed by atoms with van der Waals surface area (Å²) in [5.74, 6) is 1.87. The standard InChI is InChI=1S/C28H41N5O3/c1-5-20(34)9-7-6-8-10-23(32-26(35)22-17-28(22)13-15-33(3)16-14-28)25-29-18-24(31-25)21-12-11-19(2)30-27(21)36-4/h11-12,18,22-23H,5-10,13-17H2,1-4H3,(H,29,31)(H,32,35)/t22-,23+/m1/s1. The van der Waals surface area contributed by atoms with E-state index in [1.165, 1.54) is 0 Å². The quantitative estimate of drug-likeness (QED) is 0.417. The second kappa shape index (κ2) is 11.5. The van der Waals surface area contributed by atoms with Crippen molar-refractivity contribution in [1.29, 1.82) is 0 Å². The van der Waals surface area contributed by atoms with E-state index >= 15 is 0 Å². The minimum absolute atomic E-state index is 0.103. The second-order valence-corrected chi connectivity index (χ2v) is 10.7. The molecule has 1 spiro atoms. The van der Waals surface area contributed by atoms with Crippen LogP contribution < -0.4 is 10.1 Å². The molecular formula is C28H41N5O3. The normalized spacial score (nSPS) is 19.7. The van der Waals surface area contributed by atoms with E-state index in [4.69, 9.17) is 4.74 Å². The van der Waals surface area contributed by atoms with Crippen LogP contribution >= 0.6 is 0 Å². The number of carbonyl (C=O) groups excluding carboxylic acids is 2. The molecule has 2 aliphatic rings. The van der Waals surface area contributed by atoms with Gasteiger partial charge >= 0.3 is 0 Å². The van der Waals surface area contributed by atoms with Gasteiger partial charge in [0.1, 0.15) is 11.6 Å². The molecule has 1 saturated heterocycles. The van der Waals surface area contributed by atoms with Crippen LogP contribution in [0, 0.1) is 18.3 Å². The maximum Gasteiger partial charge on any atom is 0.224 e. The third-order valence-electron chi connectivity index (χ3n) is 8.06. The fraction of sp³-hybridized carbons (Fsp3) is 0.643. The molecule has 8 nitrogen and oxygen atoms in total. The van der Waals surface area contributed by atoms with Gasteiger partial charge in [0.15, 0.2) is 0 Å². The van der Waals surface area contributed by atoms with Crippen LogP contribution in [0.25, 0.3) is 11.3 Å². The third kappa shape index (κ3) is 6.14. The van der Waals surface area contributed by atoms with Gasteiger partial charge in [0.05, 0.1) is 30.6 Å². The summed E-state index contributed by atoms with van der Waals surface area (Å²) in [4.78, 5) is 39.9. The van der Waals surface area contributed by atoms with Gasteiger partial charge < -0.3 is 19.9 Å². The van der Waals surface area contributed by atoms with E-state index in [9.17, 15) is 9.59 Å². The molecule has 2 atom stereocenters. The van der Waals surface area contributed by atoms with Gasteiger partial charge in [-0.2, -0.15) is 0 Å². The highest BCUT2D eigenvalue weighted by Crippen LogP contribution is 2.59. The van der Waals surface area contributed by atoms with Gasteiger partial charge in [-0.1, -0.05) is 19.8 Å². The SMILES string of the molecule is CCC(=O)CCCCC[C@H](NC(=O)[C@H]1CC12CCN(C)CC2)c1ncc(-c2ccc(C)nc2OC)[nH]1. The Balaban J connectivity index is 1.45. The van der Waals surface area contributed by atoms with Crippen molar-refractivity contribution in [3.05, 3.63) is 29.8 Å². The third-order valence-corrected chi connectivity index (χ3v) is 8.06. The maximum absolute atomic E-state index is 13.3. The Morgan fingerprint density at radius 2 is 2.03 bits per heavy atom. The molecule has 0 unspecified atom stereocenters. The molecule has 1 saturated carbocycles. The van der Waals surface area contributed by atoms with E-state index in [2.05, 4.69) is 32.2 Å². The molecule has 2 aromatic heterocycles. The van der Waals surface area contributed by atoms with Crippen molar-refractivity contribution in [2.45, 2.75) is 77.7 Å². The fourth-order valence-corrected chi connectivity index (χ4v) is 5.45. The summed E-state index contributed by atoms with van der Waals surface area (Å²) in [7, 11) is 3.77. The molecule has 8 heteroatoms. The summed E-state index contributed by atoms with van der Waals surface area (Å²) in [5, 5.41) is 3.33. The number of methoxy groups -OCH3 is 1. The number of aromatic nitrogens is 3. The van der Waals surface area contributed by atoms with Gasteiger partial charge in [-0.25, -0.2) is 9.97 Å². The first kappa shape index (κ1) is 26.3. The van der Waals surface area contributed by atoms with Crippen LogP contribution in [-0.4, -0.2) is 58.8 Å². The number of ketones is 1. The summed E-state index contributed by atoms with van der Waals surface area (Å²) in [6.07, 6.45) is 9.78. The Morgan fingerprint density at radius 3 is 2.75 bits per heavy atom. The van der Waals surface area contributed by atoms with Crippen LogP contribution in [0.15, 0.2) is 18.3 Å². The number of nitrogens with one attached hydrogen (secondary N) is 2. The number of rotatable bonds is 12. The predicted molar refractivity (Wildman–Crippen MR) is 140 cm³/mol. The molecule has 0 aromatic carbocycles. The van der Waals surface area contributed by atoms with Crippen LogP contribution in [0.5, 0.6) is 5.88 Å². The first-order valence-electron chi connectivity index (χ1n) is 13.4. The van der Waals surface area contributed by atoms with Crippen LogP contribution in [-0.2, 0) is 9.59 Å². The number of amides is 1. The molecule has 2 N–H and O–H groups in total. The number of hydrogen-bond donors (Lipinski definition) is 2. The van der Waals surface area contributed by atoms with Crippen LogP contribution in [0.4, 0.5) is 0 Å². The minimum Gasteiger partial charge on any atom is -0.480 e. The zero-order valence-corrected chi connectivity index (χ0v) is 22.2. The second-order valence-electron chi connectivity index (χ2n) is 10.7. The molecule has 196 valence electrons. The number of aromatic amines is 1. The largest absolute Gasteiger partial charge is 0.480 e. The fourth-order valence-electron chi connectivity index (χ4n) is 5.45. The number of likely N-dealkylation sites (tertiary alicyclic amines) is 1. The average molecular weight is 496 g/mol. The minimum atomic E-state index is -0.193. The number of unbranched alkanes of at least 4 members (excludes halogenated alkanes) is 2. The summed E-state index contributed by atoms with van der Waals surface area (Å²) < 4.78 is 5.49. The molecule has 0 bridgehead atoms. The van der Waals surface area contributed by atoms with E-state index in [1.54, 1.807) is 13.3 Å². The number of piperidine rings is 1. The first-order valence-corrected chi connectivity index (χ1v) is 13.4. The van der Waals surface area contributed by atoms with Gasteiger partial charge in [0, 0.05) is 24.5 Å². The predicted octanol–water partition coefficient (Wildman–Crippen LogP) is 4.61. The molecule has 0 radical (unpaired) electrons. The van der Waals surface area contributed by atoms with Gasteiger partial charge in [0.2, 0.25) is 11.8 Å². The highest BCUT2D eigenvalue weighted by molar-refractivity contribution is 5.83. The number of carbonyl (C=O) groups is 2. The van der Waals surface area contributed by atoms with Crippen LogP contribution in [0.2, 0.25) is 0 Å². The van der Waals surface area contributed by atoms with Crippen LogP contribution in [0.1, 0.15) is 82.3 Å². The van der Waals surface area contributed by atoms with Crippen molar-refractivity contribution in [3.8, 4) is 17.1 Å². The van der Waals surface area contributed by atoms with Crippen molar-refractivity contribution in [2.75, 3.05) is 27.2 Å². The summed E-state index contributed by atoms with van der Waals surface area (Å²) in [6, 6.07) is 3.73. The van der Waals surface area contributed by atoms with Crippen molar-refractivity contribution in [2.24, 2.45) is 11.3 Å². The number of H-pyrrole nitrogens is 1. The number of ether oxygens (including phenoxy) is 1. The lowest BCUT2D eigenvalue weighted by Crippen LogP contribution is -2.36. The molecule has 2 aromatic rings. The molecule has 3 heterocycles. The summed E-state index contributed by atoms with van der Waals surface area (Å²) in [6.45, 7) is 5.98. The van der Waals surface area contributed by atoms with Gasteiger partial charge in [-0.3, -0.25) is 9.59 Å². The zero-order chi connectivity index (χ0) is 25.7. The summed E-state index contributed by atoms with van der Waals surface area (Å²) >= 11 is 0. The zero-order valence-electron chi connectivity index (χ0n) is 22.2. The first-order chi connectivity index (χ1) is 17.3. The maximum atomic E-state index is 13.3. The Morgan fingerprint density at radius 1 is 1.25 bits per heavy atom. The average Bonchev–Trinajstić information content (AvgIpc) is 3.36. The lowest BCUT2D eigenvalue weighted by Gasteiger charge is -2.30. The lowest BCUT2D eigenvalue weighted by molar-refractivity contribution is -0.124. The van der Waals surface area contributed by atoms with Crippen molar-refractivity contribution < 1.29 is 14.3 Å². The van der Waals surface area contributed by atoms with Gasteiger partial charge in [-0.15, -0.1) is 0 Å². The van der Waals surface area contributed by atoms with Gasteiger partial charge in [0.25, 0.3) is 0 Å². The topological polar surface area (TPSA) is 100 Å². The number of aryl methyl sites for hydroxylation is 1. The van der Waals surface area contributed by atoms with E-state index in [1.807, 2.05) is 26.0 Å². The molecule has 1 aliphatic heterocycles. The van der Waals surface area contributed by atoms with E-state index in [0.29, 0.717) is 24.5 Å². The highest BCUT2D eigenvalue weighted by atomic mass is 16.5. The van der Waals surface area contributed by atoms with Crippen molar-refractivity contribution >= 4 is 11.7 Å². The van der Waals surface area contributed by atoms with Crippen LogP contribution in [0.3, 0.4) is 0 Å². The Bertz CT molecular complexity index is 1060. The Kier molecular flexibility index (Phi) is 8.44. The molecule has 2 fully saturated rings. The van der Waals surface area contributed by atoms with E-state index in [-0.39, 0.29) is 23.3 Å². The Labute approximate surface area is 214 Å². The number of hydrogen-bond acceptors (Lipinski definition) is 6.